The molecule has 1 rings (SSSR count). The standard InChI is InChI=1S/C5H6N2O/c1-4(8)5-2-6-3-7-5/h2-3,5H,1H3. The first-order valence-electron chi connectivity index (χ1n) is 2.36. The van der Waals surface area contributed by atoms with Crippen molar-refractivity contribution in [1.82, 2.24) is 0 Å². The van der Waals surface area contributed by atoms with Crippen molar-refractivity contribution < 1.29 is 4.79 Å². The van der Waals surface area contributed by atoms with E-state index in [1.807, 2.05) is 0 Å². The fraction of sp³-hybridized carbons (Fsp3) is 0.400. The highest BCUT2D eigenvalue weighted by molar-refractivity contribution is 6.02. The molecule has 1 atom stereocenters. The number of hydrogen-bond acceptors (Lipinski definition) is 3. The van der Waals surface area contributed by atoms with Crippen LogP contribution >= 0.6 is 0 Å². The molecule has 42 valence electrons. The van der Waals surface area contributed by atoms with Crippen molar-refractivity contribution in [1.29, 1.82) is 0 Å². The maximum Gasteiger partial charge on any atom is 0.159 e. The van der Waals surface area contributed by atoms with E-state index >= 15 is 0 Å². The zero-order valence-electron chi connectivity index (χ0n) is 4.53. The number of rotatable bonds is 1. The molecule has 0 saturated heterocycles. The van der Waals surface area contributed by atoms with E-state index in [2.05, 4.69) is 9.98 Å². The van der Waals surface area contributed by atoms with Crippen molar-refractivity contribution >= 4 is 18.3 Å². The molecule has 0 N–H and O–H groups in total. The number of ketones is 1. The lowest BCUT2D eigenvalue weighted by atomic mass is 10.2. The van der Waals surface area contributed by atoms with Gasteiger partial charge in [-0.15, -0.1) is 0 Å². The van der Waals surface area contributed by atoms with E-state index in [9.17, 15) is 4.79 Å². The van der Waals surface area contributed by atoms with Crippen LogP contribution in [0.2, 0.25) is 0 Å². The van der Waals surface area contributed by atoms with E-state index in [0.717, 1.165) is 0 Å². The number of carbonyl (C=O) groups excluding carboxylic acids is 1. The zero-order valence-corrected chi connectivity index (χ0v) is 4.53. The Bertz CT molecular complexity index is 148. The highest BCUT2D eigenvalue weighted by atomic mass is 16.1. The Morgan fingerprint density at radius 1 is 1.75 bits per heavy atom. The van der Waals surface area contributed by atoms with Crippen molar-refractivity contribution in [3.8, 4) is 0 Å². The first kappa shape index (κ1) is 5.15. The summed E-state index contributed by atoms with van der Waals surface area (Å²) in [5, 5.41) is 0. The van der Waals surface area contributed by atoms with Gasteiger partial charge in [0, 0.05) is 6.21 Å². The quantitative estimate of drug-likeness (QED) is 0.470. The van der Waals surface area contributed by atoms with Crippen molar-refractivity contribution in [3.05, 3.63) is 0 Å². The first-order chi connectivity index (χ1) is 3.80. The van der Waals surface area contributed by atoms with Crippen LogP contribution in [-0.2, 0) is 4.79 Å². The molecule has 0 aromatic rings. The highest BCUT2D eigenvalue weighted by Crippen LogP contribution is 1.92. The zero-order chi connectivity index (χ0) is 5.98. The van der Waals surface area contributed by atoms with E-state index in [0.29, 0.717) is 0 Å². The third-order valence-corrected chi connectivity index (χ3v) is 0.938. The van der Waals surface area contributed by atoms with Crippen LogP contribution in [0.4, 0.5) is 0 Å². The Labute approximate surface area is 47.1 Å². The third kappa shape index (κ3) is 0.804. The van der Waals surface area contributed by atoms with E-state index in [4.69, 9.17) is 0 Å². The minimum atomic E-state index is -0.296. The Balaban J connectivity index is 2.62. The monoisotopic (exact) mass is 110 g/mol. The highest BCUT2D eigenvalue weighted by Gasteiger charge is 2.09. The third-order valence-electron chi connectivity index (χ3n) is 0.938. The van der Waals surface area contributed by atoms with Crippen molar-refractivity contribution in [2.45, 2.75) is 13.0 Å². The molecule has 3 nitrogen and oxygen atoms in total. The van der Waals surface area contributed by atoms with Crippen LogP contribution in [0.15, 0.2) is 9.98 Å². The molecule has 3 heteroatoms. The number of hydrogen-bond donors (Lipinski definition) is 0. The molecule has 0 radical (unpaired) electrons. The van der Waals surface area contributed by atoms with Crippen LogP contribution in [-0.4, -0.2) is 24.4 Å². The Morgan fingerprint density at radius 3 is 2.75 bits per heavy atom. The van der Waals surface area contributed by atoms with Crippen LogP contribution in [0.5, 0.6) is 0 Å². The van der Waals surface area contributed by atoms with Crippen LogP contribution in [0.1, 0.15) is 6.92 Å². The normalized spacial score (nSPS) is 24.4. The van der Waals surface area contributed by atoms with Gasteiger partial charge in [0.05, 0.1) is 0 Å². The van der Waals surface area contributed by atoms with E-state index in [1.165, 1.54) is 19.5 Å². The molecule has 1 aliphatic heterocycles. The van der Waals surface area contributed by atoms with Gasteiger partial charge in [-0.1, -0.05) is 0 Å². The van der Waals surface area contributed by atoms with Gasteiger partial charge in [-0.2, -0.15) is 0 Å². The van der Waals surface area contributed by atoms with Gasteiger partial charge < -0.3 is 0 Å². The predicted molar refractivity (Wildman–Crippen MR) is 31.5 cm³/mol. The van der Waals surface area contributed by atoms with Crippen molar-refractivity contribution in [2.24, 2.45) is 9.98 Å². The molecule has 0 fully saturated rings. The fourth-order valence-electron chi connectivity index (χ4n) is 0.479. The molecular weight excluding hydrogens is 104 g/mol. The first-order valence-corrected chi connectivity index (χ1v) is 2.36. The average Bonchev–Trinajstić information content (AvgIpc) is 2.12. The molecular formula is C5H6N2O. The molecule has 0 aromatic heterocycles. The van der Waals surface area contributed by atoms with E-state index in [1.54, 1.807) is 0 Å². The summed E-state index contributed by atoms with van der Waals surface area (Å²) in [7, 11) is 0. The summed E-state index contributed by atoms with van der Waals surface area (Å²) in [4.78, 5) is 17.8. The molecule has 0 amide bonds. The molecule has 0 aromatic carbocycles. The summed E-state index contributed by atoms with van der Waals surface area (Å²) in [5.74, 6) is 0.0440. The van der Waals surface area contributed by atoms with Gasteiger partial charge in [0.25, 0.3) is 0 Å². The predicted octanol–water partition coefficient (Wildman–Crippen LogP) is 0.0567. The number of nitrogens with zero attached hydrogens (tertiary/aromatic N) is 2. The largest absolute Gasteiger partial charge is 0.297 e. The van der Waals surface area contributed by atoms with Gasteiger partial charge in [0.15, 0.2) is 5.78 Å². The SMILES string of the molecule is CC(=O)C1C=NC=N1. The van der Waals surface area contributed by atoms with Crippen LogP contribution < -0.4 is 0 Å². The van der Waals surface area contributed by atoms with Crippen LogP contribution in [0.25, 0.3) is 0 Å². The maximum absolute atomic E-state index is 10.4. The summed E-state index contributed by atoms with van der Waals surface area (Å²) in [6.07, 6.45) is 2.92. The number of carbonyl (C=O) groups is 1. The molecule has 1 unspecified atom stereocenters. The summed E-state index contributed by atoms with van der Waals surface area (Å²) in [6, 6.07) is -0.296. The molecule has 0 saturated carbocycles. The second-order valence-electron chi connectivity index (χ2n) is 1.62. The lowest BCUT2D eigenvalue weighted by molar-refractivity contribution is -0.116. The van der Waals surface area contributed by atoms with Gasteiger partial charge in [0.1, 0.15) is 12.4 Å². The summed E-state index contributed by atoms with van der Waals surface area (Å²) >= 11 is 0. The number of Topliss-reactive ketones (excluding diaryl/α,β-unsaturated/α-hetero) is 1. The molecule has 1 aliphatic rings. The van der Waals surface area contributed by atoms with Gasteiger partial charge in [-0.3, -0.25) is 9.79 Å². The van der Waals surface area contributed by atoms with Gasteiger partial charge >= 0.3 is 0 Å². The van der Waals surface area contributed by atoms with Crippen molar-refractivity contribution in [2.75, 3.05) is 0 Å². The minimum absolute atomic E-state index is 0.0440. The molecule has 8 heavy (non-hydrogen) atoms. The Morgan fingerprint density at radius 2 is 2.50 bits per heavy atom. The van der Waals surface area contributed by atoms with Gasteiger partial charge in [0.2, 0.25) is 0 Å². The number of aliphatic imine (C=N–C) groups is 2. The van der Waals surface area contributed by atoms with Crippen LogP contribution in [0.3, 0.4) is 0 Å². The summed E-state index contributed by atoms with van der Waals surface area (Å²) in [6.45, 7) is 1.50. The maximum atomic E-state index is 10.4. The lowest BCUT2D eigenvalue weighted by Crippen LogP contribution is -2.13. The van der Waals surface area contributed by atoms with Crippen LogP contribution in [0, 0.1) is 0 Å². The summed E-state index contributed by atoms with van der Waals surface area (Å²) in [5.41, 5.74) is 0. The molecule has 1 heterocycles. The van der Waals surface area contributed by atoms with Crippen molar-refractivity contribution in [3.63, 3.8) is 0 Å². The second kappa shape index (κ2) is 1.86. The molecule has 0 aliphatic carbocycles. The smallest absolute Gasteiger partial charge is 0.159 e. The topological polar surface area (TPSA) is 41.8 Å². The van der Waals surface area contributed by atoms with E-state index in [-0.39, 0.29) is 11.8 Å². The second-order valence-corrected chi connectivity index (χ2v) is 1.62. The fourth-order valence-corrected chi connectivity index (χ4v) is 0.479. The van der Waals surface area contributed by atoms with Gasteiger partial charge in [-0.05, 0) is 6.92 Å². The van der Waals surface area contributed by atoms with E-state index < -0.39 is 0 Å². The molecule has 0 spiro atoms. The Kier molecular flexibility index (Phi) is 1.20. The molecule has 0 bridgehead atoms. The van der Waals surface area contributed by atoms with Gasteiger partial charge in [-0.25, -0.2) is 4.99 Å². The minimum Gasteiger partial charge on any atom is -0.297 e. The average molecular weight is 110 g/mol. The Hall–Kier alpha value is -0.990. The summed E-state index contributed by atoms with van der Waals surface area (Å²) < 4.78 is 0. The lowest BCUT2D eigenvalue weighted by Gasteiger charge is -1.91.